The fraction of sp³-hybridized carbons (Fsp3) is 0.677. The number of aromatic amines is 1. The molecule has 1 aromatic carbocycles. The molecule has 2 N–H and O–H groups in total. The Morgan fingerprint density at radius 3 is 2.31 bits per heavy atom. The van der Waals surface area contributed by atoms with Gasteiger partial charge in [-0.15, -0.1) is 0 Å². The topological polar surface area (TPSA) is 100 Å². The number of nitrogens with zero attached hydrogens (tertiary/aromatic N) is 3. The van der Waals surface area contributed by atoms with E-state index in [1.165, 1.54) is 25.7 Å². The van der Waals surface area contributed by atoms with Crippen LogP contribution in [0.2, 0.25) is 0 Å². The van der Waals surface area contributed by atoms with Crippen molar-refractivity contribution in [3.8, 4) is 0 Å². The molecule has 2 aromatic rings. The minimum absolute atomic E-state index is 0.0756. The Hall–Kier alpha value is -2.90. The molecular formula is C31H47N5O3. The summed E-state index contributed by atoms with van der Waals surface area (Å²) in [7, 11) is 0. The monoisotopic (exact) mass is 537 g/mol. The number of carbonyl (C=O) groups excluding carboxylic acids is 2. The molecule has 2 aliphatic carbocycles. The lowest BCUT2D eigenvalue weighted by atomic mass is 9.82. The lowest BCUT2D eigenvalue weighted by Crippen LogP contribution is -2.47. The summed E-state index contributed by atoms with van der Waals surface area (Å²) in [5, 5.41) is 10.5. The minimum Gasteiger partial charge on any atom is -0.444 e. The molecule has 1 heterocycles. The molecule has 2 saturated carbocycles. The van der Waals surface area contributed by atoms with Crippen LogP contribution in [0.3, 0.4) is 0 Å². The van der Waals surface area contributed by atoms with E-state index in [4.69, 9.17) is 4.74 Å². The summed E-state index contributed by atoms with van der Waals surface area (Å²) in [4.78, 5) is 33.6. The van der Waals surface area contributed by atoms with Crippen LogP contribution >= 0.6 is 0 Å². The van der Waals surface area contributed by atoms with Gasteiger partial charge in [0.15, 0.2) is 5.82 Å². The zero-order chi connectivity index (χ0) is 27.7. The largest absolute Gasteiger partial charge is 0.444 e. The Kier molecular flexibility index (Phi) is 10.4. The van der Waals surface area contributed by atoms with Gasteiger partial charge in [0, 0.05) is 24.9 Å². The number of benzene rings is 1. The van der Waals surface area contributed by atoms with E-state index >= 15 is 0 Å². The van der Waals surface area contributed by atoms with Gasteiger partial charge in [0.1, 0.15) is 11.9 Å². The molecule has 0 radical (unpaired) electrons. The fourth-order valence-electron chi connectivity index (χ4n) is 6.35. The Morgan fingerprint density at radius 2 is 1.69 bits per heavy atom. The van der Waals surface area contributed by atoms with Crippen LogP contribution in [0.25, 0.3) is 0 Å². The number of rotatable bonds is 10. The van der Waals surface area contributed by atoms with Gasteiger partial charge in [-0.05, 0) is 64.4 Å². The molecule has 0 aliphatic heterocycles. The van der Waals surface area contributed by atoms with Crippen LogP contribution < -0.4 is 5.32 Å². The third-order valence-electron chi connectivity index (χ3n) is 8.19. The summed E-state index contributed by atoms with van der Waals surface area (Å²) >= 11 is 0. The predicted octanol–water partition coefficient (Wildman–Crippen LogP) is 6.50. The third kappa shape index (κ3) is 8.80. The highest BCUT2D eigenvalue weighted by Crippen LogP contribution is 2.34. The van der Waals surface area contributed by atoms with Gasteiger partial charge in [-0.3, -0.25) is 9.89 Å². The third-order valence-corrected chi connectivity index (χ3v) is 8.19. The van der Waals surface area contributed by atoms with Crippen molar-refractivity contribution in [2.75, 3.05) is 0 Å². The first kappa shape index (κ1) is 29.1. The molecule has 0 bridgehead atoms. The van der Waals surface area contributed by atoms with E-state index in [1.54, 1.807) is 6.33 Å². The molecular weight excluding hydrogens is 490 g/mol. The number of H-pyrrole nitrogens is 1. The summed E-state index contributed by atoms with van der Waals surface area (Å²) in [5.74, 6) is 1.16. The first-order valence-electron chi connectivity index (χ1n) is 15.0. The summed E-state index contributed by atoms with van der Waals surface area (Å²) in [6, 6.07) is 10.2. The fourth-order valence-corrected chi connectivity index (χ4v) is 6.35. The van der Waals surface area contributed by atoms with Crippen LogP contribution in [-0.4, -0.2) is 49.8 Å². The number of hydrogen-bond donors (Lipinski definition) is 2. The van der Waals surface area contributed by atoms with Crippen molar-refractivity contribution >= 4 is 12.0 Å². The van der Waals surface area contributed by atoms with Crippen LogP contribution in [0.4, 0.5) is 4.79 Å². The van der Waals surface area contributed by atoms with Crippen LogP contribution in [0.5, 0.6) is 0 Å². The molecule has 0 spiro atoms. The second-order valence-electron chi connectivity index (χ2n) is 12.3. The molecule has 1 aromatic heterocycles. The highest BCUT2D eigenvalue weighted by Gasteiger charge is 2.35. The summed E-state index contributed by atoms with van der Waals surface area (Å²) in [6.45, 7) is 5.64. The van der Waals surface area contributed by atoms with Gasteiger partial charge in [0.2, 0.25) is 5.91 Å². The van der Waals surface area contributed by atoms with E-state index in [1.807, 2.05) is 39.0 Å². The predicted molar refractivity (Wildman–Crippen MR) is 152 cm³/mol. The number of hydrogen-bond acceptors (Lipinski definition) is 5. The molecule has 2 aliphatic rings. The van der Waals surface area contributed by atoms with E-state index in [0.717, 1.165) is 44.1 Å². The van der Waals surface area contributed by atoms with Crippen molar-refractivity contribution in [3.05, 3.63) is 48.0 Å². The van der Waals surface area contributed by atoms with Crippen LogP contribution in [0.15, 0.2) is 36.7 Å². The Morgan fingerprint density at radius 1 is 1.03 bits per heavy atom. The summed E-state index contributed by atoms with van der Waals surface area (Å²) in [6.07, 6.45) is 14.1. The molecule has 2 atom stereocenters. The van der Waals surface area contributed by atoms with Crippen molar-refractivity contribution in [2.24, 2.45) is 5.92 Å². The molecule has 0 saturated heterocycles. The number of aromatic nitrogens is 3. The molecule has 214 valence electrons. The first-order valence-corrected chi connectivity index (χ1v) is 15.0. The molecule has 8 heteroatoms. The van der Waals surface area contributed by atoms with Crippen LogP contribution in [-0.2, 0) is 16.0 Å². The average Bonchev–Trinajstić information content (AvgIpc) is 3.46. The molecule has 8 nitrogen and oxygen atoms in total. The van der Waals surface area contributed by atoms with Gasteiger partial charge in [0.25, 0.3) is 0 Å². The summed E-state index contributed by atoms with van der Waals surface area (Å²) < 4.78 is 5.60. The lowest BCUT2D eigenvalue weighted by Gasteiger charge is -2.40. The second kappa shape index (κ2) is 13.9. The van der Waals surface area contributed by atoms with E-state index in [0.29, 0.717) is 31.0 Å². The van der Waals surface area contributed by atoms with Crippen LogP contribution in [0.1, 0.15) is 115 Å². The van der Waals surface area contributed by atoms with E-state index in [2.05, 4.69) is 37.5 Å². The molecule has 4 rings (SSSR count). The number of amides is 2. The van der Waals surface area contributed by atoms with Crippen molar-refractivity contribution < 1.29 is 14.3 Å². The maximum absolute atomic E-state index is 14.2. The van der Waals surface area contributed by atoms with Gasteiger partial charge >= 0.3 is 6.09 Å². The maximum atomic E-state index is 14.2. The molecule has 39 heavy (non-hydrogen) atoms. The van der Waals surface area contributed by atoms with Crippen molar-refractivity contribution in [3.63, 3.8) is 0 Å². The quantitative estimate of drug-likeness (QED) is 0.360. The van der Waals surface area contributed by atoms with E-state index < -0.39 is 11.7 Å². The van der Waals surface area contributed by atoms with Crippen molar-refractivity contribution in [2.45, 2.75) is 128 Å². The Balaban J connectivity index is 1.54. The maximum Gasteiger partial charge on any atom is 0.407 e. The van der Waals surface area contributed by atoms with Crippen molar-refractivity contribution in [1.29, 1.82) is 0 Å². The number of ether oxygens (including phenoxy) is 1. The zero-order valence-corrected chi connectivity index (χ0v) is 24.0. The van der Waals surface area contributed by atoms with Gasteiger partial charge in [-0.2, -0.15) is 5.10 Å². The molecule has 1 unspecified atom stereocenters. The average molecular weight is 538 g/mol. The van der Waals surface area contributed by atoms with E-state index in [9.17, 15) is 9.59 Å². The summed E-state index contributed by atoms with van der Waals surface area (Å²) in [5.41, 5.74) is 0.600. The number of nitrogens with one attached hydrogen (secondary N) is 2. The highest BCUT2D eigenvalue weighted by molar-refractivity contribution is 5.77. The molecule has 2 fully saturated rings. The highest BCUT2D eigenvalue weighted by atomic mass is 16.6. The standard InChI is InChI=1S/C31H47N5O3/c1-31(2,3)39-30(38)34-26(24-15-9-5-10-16-24)19-20-28(37)36(25-17-11-6-12-18-25)27(29-32-22-33-35-29)21-23-13-7-4-8-14-23/h4,7-8,13-14,22,24-27H,5-6,9-12,15-21H2,1-3H3,(H,34,38)(H,32,33,35)/t26-,27?/m0/s1. The second-order valence-corrected chi connectivity index (χ2v) is 12.3. The minimum atomic E-state index is -0.560. The first-order chi connectivity index (χ1) is 18.8. The lowest BCUT2D eigenvalue weighted by molar-refractivity contribution is -0.138. The van der Waals surface area contributed by atoms with Gasteiger partial charge < -0.3 is 15.0 Å². The van der Waals surface area contributed by atoms with Gasteiger partial charge in [0.05, 0.1) is 6.04 Å². The van der Waals surface area contributed by atoms with Crippen molar-refractivity contribution in [1.82, 2.24) is 25.4 Å². The SMILES string of the molecule is CC(C)(C)OC(=O)N[C@@H](CCC(=O)N(C1CCCCC1)C(Cc1ccccc1)c1nc[nH]n1)C1CCCCC1. The zero-order valence-electron chi connectivity index (χ0n) is 24.0. The normalized spacial score (nSPS) is 18.7. The van der Waals surface area contributed by atoms with Gasteiger partial charge in [-0.25, -0.2) is 9.78 Å². The number of alkyl carbamates (subject to hydrolysis) is 1. The molecule has 2 amide bonds. The van der Waals surface area contributed by atoms with E-state index in [-0.39, 0.29) is 24.0 Å². The Labute approximate surface area is 233 Å². The number of carbonyl (C=O) groups is 2. The smallest absolute Gasteiger partial charge is 0.407 e. The van der Waals surface area contributed by atoms with Gasteiger partial charge in [-0.1, -0.05) is 68.9 Å². The van der Waals surface area contributed by atoms with Crippen LogP contribution in [0, 0.1) is 5.92 Å². The Bertz CT molecular complexity index is 1010.